The van der Waals surface area contributed by atoms with Crippen LogP contribution in [0.3, 0.4) is 0 Å². The molecular formula is C13H22N4O. The Bertz CT molecular complexity index is 404. The SMILES string of the molecule is CCCNc1nc(C)cc(NCC2(CO)CC2)n1. The monoisotopic (exact) mass is 250 g/mol. The van der Waals surface area contributed by atoms with Crippen LogP contribution in [0.5, 0.6) is 0 Å². The van der Waals surface area contributed by atoms with Gasteiger partial charge in [-0.3, -0.25) is 0 Å². The van der Waals surface area contributed by atoms with Crippen LogP contribution in [-0.4, -0.2) is 34.8 Å². The smallest absolute Gasteiger partial charge is 0.224 e. The summed E-state index contributed by atoms with van der Waals surface area (Å²) in [6, 6.07) is 1.94. The molecule has 2 rings (SSSR count). The number of nitrogens with one attached hydrogen (secondary N) is 2. The van der Waals surface area contributed by atoms with Gasteiger partial charge in [0.2, 0.25) is 5.95 Å². The van der Waals surface area contributed by atoms with Gasteiger partial charge < -0.3 is 15.7 Å². The Morgan fingerprint density at radius 2 is 2.11 bits per heavy atom. The van der Waals surface area contributed by atoms with Gasteiger partial charge in [0.15, 0.2) is 0 Å². The van der Waals surface area contributed by atoms with Gasteiger partial charge in [0.1, 0.15) is 5.82 Å². The summed E-state index contributed by atoms with van der Waals surface area (Å²) in [5, 5.41) is 15.8. The predicted octanol–water partition coefficient (Wildman–Crippen LogP) is 1.79. The maximum absolute atomic E-state index is 9.27. The third-order valence-corrected chi connectivity index (χ3v) is 3.32. The second-order valence-corrected chi connectivity index (χ2v) is 5.16. The molecule has 3 N–H and O–H groups in total. The van der Waals surface area contributed by atoms with Crippen LogP contribution < -0.4 is 10.6 Å². The molecule has 0 atom stereocenters. The molecule has 1 fully saturated rings. The van der Waals surface area contributed by atoms with Gasteiger partial charge in [-0.2, -0.15) is 4.98 Å². The minimum atomic E-state index is 0.0931. The van der Waals surface area contributed by atoms with E-state index < -0.39 is 0 Å². The summed E-state index contributed by atoms with van der Waals surface area (Å²) in [6.45, 7) is 5.99. The van der Waals surface area contributed by atoms with E-state index in [-0.39, 0.29) is 12.0 Å². The summed E-state index contributed by atoms with van der Waals surface area (Å²) < 4.78 is 0. The van der Waals surface area contributed by atoms with E-state index in [0.29, 0.717) is 5.95 Å². The molecule has 0 bridgehead atoms. The van der Waals surface area contributed by atoms with Crippen molar-refractivity contribution < 1.29 is 5.11 Å². The van der Waals surface area contributed by atoms with Gasteiger partial charge in [0.05, 0.1) is 6.61 Å². The number of aryl methyl sites for hydroxylation is 1. The number of hydrogen-bond donors (Lipinski definition) is 3. The molecule has 0 radical (unpaired) electrons. The topological polar surface area (TPSA) is 70.1 Å². The summed E-state index contributed by atoms with van der Waals surface area (Å²) in [6.07, 6.45) is 3.25. The molecule has 0 aliphatic heterocycles. The van der Waals surface area contributed by atoms with Crippen LogP contribution in [-0.2, 0) is 0 Å². The molecule has 1 aromatic rings. The van der Waals surface area contributed by atoms with E-state index in [1.54, 1.807) is 0 Å². The van der Waals surface area contributed by atoms with Crippen molar-refractivity contribution in [3.63, 3.8) is 0 Å². The molecule has 5 heteroatoms. The van der Waals surface area contributed by atoms with Crippen LogP contribution in [0.25, 0.3) is 0 Å². The molecule has 0 spiro atoms. The summed E-state index contributed by atoms with van der Waals surface area (Å²) in [4.78, 5) is 8.76. The molecule has 100 valence electrons. The van der Waals surface area contributed by atoms with Crippen LogP contribution in [0.2, 0.25) is 0 Å². The number of rotatable bonds is 7. The second kappa shape index (κ2) is 5.52. The van der Waals surface area contributed by atoms with Crippen LogP contribution in [0.15, 0.2) is 6.07 Å². The number of anilines is 2. The Morgan fingerprint density at radius 3 is 2.72 bits per heavy atom. The average molecular weight is 250 g/mol. The molecule has 1 heterocycles. The molecule has 0 saturated heterocycles. The first-order chi connectivity index (χ1) is 8.67. The Labute approximate surface area is 108 Å². The number of aromatic nitrogens is 2. The van der Waals surface area contributed by atoms with E-state index in [0.717, 1.165) is 43.9 Å². The van der Waals surface area contributed by atoms with E-state index in [1.807, 2.05) is 13.0 Å². The second-order valence-electron chi connectivity index (χ2n) is 5.16. The van der Waals surface area contributed by atoms with E-state index in [9.17, 15) is 5.11 Å². The first kappa shape index (κ1) is 13.1. The van der Waals surface area contributed by atoms with Crippen LogP contribution in [0.4, 0.5) is 11.8 Å². The fourth-order valence-electron chi connectivity index (χ4n) is 1.82. The predicted molar refractivity (Wildman–Crippen MR) is 72.8 cm³/mol. The van der Waals surface area contributed by atoms with Crippen molar-refractivity contribution in [3.8, 4) is 0 Å². The normalized spacial score (nSPS) is 16.4. The van der Waals surface area contributed by atoms with Gasteiger partial charge in [-0.1, -0.05) is 6.92 Å². The summed E-state index contributed by atoms with van der Waals surface area (Å²) >= 11 is 0. The molecule has 0 aromatic carbocycles. The lowest BCUT2D eigenvalue weighted by molar-refractivity contribution is 0.219. The maximum Gasteiger partial charge on any atom is 0.224 e. The third kappa shape index (κ3) is 3.32. The van der Waals surface area contributed by atoms with Gasteiger partial charge in [0, 0.05) is 30.3 Å². The van der Waals surface area contributed by atoms with E-state index in [2.05, 4.69) is 27.5 Å². The molecular weight excluding hydrogens is 228 g/mol. The molecule has 18 heavy (non-hydrogen) atoms. The van der Waals surface area contributed by atoms with E-state index >= 15 is 0 Å². The summed E-state index contributed by atoms with van der Waals surface area (Å²) in [5.74, 6) is 1.51. The standard InChI is InChI=1S/C13H22N4O/c1-3-6-14-12-16-10(2)7-11(17-12)15-8-13(9-18)4-5-13/h7,18H,3-6,8-9H2,1-2H3,(H2,14,15,16,17). The number of aliphatic hydroxyl groups is 1. The minimum Gasteiger partial charge on any atom is -0.396 e. The first-order valence-corrected chi connectivity index (χ1v) is 6.62. The first-order valence-electron chi connectivity index (χ1n) is 6.62. The van der Waals surface area contributed by atoms with Gasteiger partial charge in [-0.15, -0.1) is 0 Å². The highest BCUT2D eigenvalue weighted by atomic mass is 16.3. The Hall–Kier alpha value is -1.36. The molecule has 0 amide bonds. The lowest BCUT2D eigenvalue weighted by Gasteiger charge is -2.14. The van der Waals surface area contributed by atoms with Crippen LogP contribution >= 0.6 is 0 Å². The van der Waals surface area contributed by atoms with Crippen molar-refractivity contribution in [1.29, 1.82) is 0 Å². The minimum absolute atomic E-state index is 0.0931. The largest absolute Gasteiger partial charge is 0.396 e. The average Bonchev–Trinajstić information content (AvgIpc) is 3.14. The molecule has 1 aliphatic rings. The van der Waals surface area contributed by atoms with Gasteiger partial charge in [-0.25, -0.2) is 4.98 Å². The Balaban J connectivity index is 1.96. The highest BCUT2D eigenvalue weighted by Gasteiger charge is 2.41. The van der Waals surface area contributed by atoms with E-state index in [1.165, 1.54) is 0 Å². The van der Waals surface area contributed by atoms with E-state index in [4.69, 9.17) is 0 Å². The van der Waals surface area contributed by atoms with Crippen molar-refractivity contribution in [1.82, 2.24) is 9.97 Å². The Kier molecular flexibility index (Phi) is 4.01. The van der Waals surface area contributed by atoms with Crippen molar-refractivity contribution in [2.45, 2.75) is 33.1 Å². The van der Waals surface area contributed by atoms with Crippen molar-refractivity contribution >= 4 is 11.8 Å². The molecule has 1 aromatic heterocycles. The third-order valence-electron chi connectivity index (χ3n) is 3.32. The molecule has 5 nitrogen and oxygen atoms in total. The van der Waals surface area contributed by atoms with Crippen LogP contribution in [0, 0.1) is 12.3 Å². The summed E-state index contributed by atoms with van der Waals surface area (Å²) in [7, 11) is 0. The van der Waals surface area contributed by atoms with Crippen LogP contribution in [0.1, 0.15) is 31.9 Å². The molecule has 1 saturated carbocycles. The fraction of sp³-hybridized carbons (Fsp3) is 0.692. The lowest BCUT2D eigenvalue weighted by Crippen LogP contribution is -2.20. The summed E-state index contributed by atoms with van der Waals surface area (Å²) in [5.41, 5.74) is 1.04. The maximum atomic E-state index is 9.27. The number of aliphatic hydroxyl groups excluding tert-OH is 1. The van der Waals surface area contributed by atoms with Crippen molar-refractivity contribution in [2.24, 2.45) is 5.41 Å². The zero-order valence-corrected chi connectivity index (χ0v) is 11.2. The highest BCUT2D eigenvalue weighted by molar-refractivity contribution is 5.42. The highest BCUT2D eigenvalue weighted by Crippen LogP contribution is 2.44. The number of hydrogen-bond acceptors (Lipinski definition) is 5. The Morgan fingerprint density at radius 1 is 1.33 bits per heavy atom. The molecule has 0 unspecified atom stereocenters. The van der Waals surface area contributed by atoms with Crippen molar-refractivity contribution in [3.05, 3.63) is 11.8 Å². The quantitative estimate of drug-likeness (QED) is 0.688. The fourth-order valence-corrected chi connectivity index (χ4v) is 1.82. The lowest BCUT2D eigenvalue weighted by atomic mass is 10.1. The van der Waals surface area contributed by atoms with Crippen molar-refractivity contribution in [2.75, 3.05) is 30.3 Å². The number of nitrogens with zero attached hydrogens (tertiary/aromatic N) is 2. The zero-order chi connectivity index (χ0) is 13.0. The zero-order valence-electron chi connectivity index (χ0n) is 11.2. The van der Waals surface area contributed by atoms with Gasteiger partial charge in [-0.05, 0) is 26.2 Å². The van der Waals surface area contributed by atoms with Gasteiger partial charge in [0.25, 0.3) is 0 Å². The molecule has 1 aliphatic carbocycles. The van der Waals surface area contributed by atoms with Gasteiger partial charge >= 0.3 is 0 Å².